The number of carbonyl (C=O) groups excluding carboxylic acids is 2. The number of nitrogens with one attached hydrogen (secondary N) is 1. The summed E-state index contributed by atoms with van der Waals surface area (Å²) in [7, 11) is 0. The molecule has 0 aliphatic heterocycles. The highest BCUT2D eigenvalue weighted by Crippen LogP contribution is 1.78. The van der Waals surface area contributed by atoms with E-state index >= 15 is 0 Å². The molecule has 0 atom stereocenters. The van der Waals surface area contributed by atoms with Crippen molar-refractivity contribution in [2.75, 3.05) is 0 Å². The van der Waals surface area contributed by atoms with Gasteiger partial charge in [-0.05, 0) is 6.92 Å². The molecule has 1 aromatic heterocycles. The van der Waals surface area contributed by atoms with Gasteiger partial charge in [-0.3, -0.25) is 9.59 Å². The SMILES string of the molecule is CC(=O)OC(C)=O.Cc1ncc[nH]1. The largest absolute Gasteiger partial charge is 0.394 e. The van der Waals surface area contributed by atoms with Crippen LogP contribution in [0.3, 0.4) is 0 Å². The molecule has 0 spiro atoms. The van der Waals surface area contributed by atoms with Crippen LogP contribution in [0.5, 0.6) is 0 Å². The van der Waals surface area contributed by atoms with E-state index in [1.165, 1.54) is 13.8 Å². The van der Waals surface area contributed by atoms with E-state index < -0.39 is 11.9 Å². The lowest BCUT2D eigenvalue weighted by Crippen LogP contribution is -2.03. The Hall–Kier alpha value is -1.65. The Morgan fingerprint density at radius 3 is 2.00 bits per heavy atom. The highest BCUT2D eigenvalue weighted by atomic mass is 16.6. The average Bonchev–Trinajstić information content (AvgIpc) is 2.37. The fourth-order valence-electron chi connectivity index (χ4n) is 0.547. The number of aromatic nitrogens is 2. The van der Waals surface area contributed by atoms with E-state index in [1.807, 2.05) is 6.92 Å². The zero-order chi connectivity index (χ0) is 10.3. The fraction of sp³-hybridized carbons (Fsp3) is 0.375. The van der Waals surface area contributed by atoms with Crippen molar-refractivity contribution in [1.82, 2.24) is 9.97 Å². The Bertz CT molecular complexity index is 255. The summed E-state index contributed by atoms with van der Waals surface area (Å²) in [4.78, 5) is 26.4. The molecule has 0 radical (unpaired) electrons. The van der Waals surface area contributed by atoms with E-state index in [9.17, 15) is 9.59 Å². The second-order valence-electron chi connectivity index (χ2n) is 2.26. The topological polar surface area (TPSA) is 72.1 Å². The molecule has 0 aliphatic rings. The molecule has 72 valence electrons. The van der Waals surface area contributed by atoms with Gasteiger partial charge in [0.05, 0.1) is 0 Å². The first kappa shape index (κ1) is 11.4. The van der Waals surface area contributed by atoms with Gasteiger partial charge < -0.3 is 9.72 Å². The van der Waals surface area contributed by atoms with Gasteiger partial charge in [0.15, 0.2) is 0 Å². The molecule has 1 N–H and O–H groups in total. The number of ether oxygens (including phenoxy) is 1. The van der Waals surface area contributed by atoms with Crippen molar-refractivity contribution in [3.8, 4) is 0 Å². The molecule has 5 nitrogen and oxygen atoms in total. The average molecular weight is 184 g/mol. The van der Waals surface area contributed by atoms with Crippen molar-refractivity contribution < 1.29 is 14.3 Å². The maximum Gasteiger partial charge on any atom is 0.310 e. The Labute approximate surface area is 76.1 Å². The lowest BCUT2D eigenvalue weighted by molar-refractivity contribution is -0.156. The number of nitrogens with zero attached hydrogens (tertiary/aromatic N) is 1. The molecule has 0 fully saturated rings. The monoisotopic (exact) mass is 184 g/mol. The molecule has 5 heteroatoms. The summed E-state index contributed by atoms with van der Waals surface area (Å²) in [5.74, 6) is -0.157. The van der Waals surface area contributed by atoms with E-state index in [0.29, 0.717) is 0 Å². The second-order valence-corrected chi connectivity index (χ2v) is 2.26. The zero-order valence-electron chi connectivity index (χ0n) is 7.83. The Kier molecular flexibility index (Phi) is 5.18. The van der Waals surface area contributed by atoms with Crippen molar-refractivity contribution in [3.05, 3.63) is 18.2 Å². The lowest BCUT2D eigenvalue weighted by Gasteiger charge is -1.87. The minimum atomic E-state index is -0.562. The summed E-state index contributed by atoms with van der Waals surface area (Å²) in [6.45, 7) is 4.28. The van der Waals surface area contributed by atoms with Gasteiger partial charge in [0.25, 0.3) is 0 Å². The second kappa shape index (κ2) is 5.93. The predicted molar refractivity (Wildman–Crippen MR) is 45.8 cm³/mol. The summed E-state index contributed by atoms with van der Waals surface area (Å²) in [6, 6.07) is 0. The summed E-state index contributed by atoms with van der Waals surface area (Å²) in [5.41, 5.74) is 0. The van der Waals surface area contributed by atoms with Crippen LogP contribution >= 0.6 is 0 Å². The van der Waals surface area contributed by atoms with Crippen LogP contribution in [0.1, 0.15) is 19.7 Å². The smallest absolute Gasteiger partial charge is 0.310 e. The van der Waals surface area contributed by atoms with E-state index in [1.54, 1.807) is 12.4 Å². The van der Waals surface area contributed by atoms with Crippen LogP contribution in [-0.2, 0) is 14.3 Å². The number of imidazole rings is 1. The fourth-order valence-corrected chi connectivity index (χ4v) is 0.547. The van der Waals surface area contributed by atoms with Crippen molar-refractivity contribution in [2.24, 2.45) is 0 Å². The molecule has 0 bridgehead atoms. The lowest BCUT2D eigenvalue weighted by atomic mass is 10.7. The number of carbonyl (C=O) groups is 2. The van der Waals surface area contributed by atoms with E-state index in [4.69, 9.17) is 0 Å². The Morgan fingerprint density at radius 2 is 1.92 bits per heavy atom. The van der Waals surface area contributed by atoms with E-state index in [2.05, 4.69) is 14.7 Å². The molecular weight excluding hydrogens is 172 g/mol. The van der Waals surface area contributed by atoms with Gasteiger partial charge in [-0.2, -0.15) is 0 Å². The molecule has 0 saturated carbocycles. The third kappa shape index (κ3) is 8.25. The van der Waals surface area contributed by atoms with Gasteiger partial charge >= 0.3 is 11.9 Å². The summed E-state index contributed by atoms with van der Waals surface area (Å²) < 4.78 is 3.97. The zero-order valence-corrected chi connectivity index (χ0v) is 7.83. The van der Waals surface area contributed by atoms with Gasteiger partial charge in [0.2, 0.25) is 0 Å². The molecule has 13 heavy (non-hydrogen) atoms. The van der Waals surface area contributed by atoms with Crippen molar-refractivity contribution in [2.45, 2.75) is 20.8 Å². The maximum absolute atomic E-state index is 9.81. The number of esters is 2. The first-order chi connectivity index (χ1) is 6.02. The molecule has 0 amide bonds. The summed E-state index contributed by atoms with van der Waals surface area (Å²) in [6.07, 6.45) is 3.53. The minimum absolute atomic E-state index is 0.562. The molecule has 0 saturated heterocycles. The van der Waals surface area contributed by atoms with Crippen LogP contribution in [0.25, 0.3) is 0 Å². The van der Waals surface area contributed by atoms with Crippen LogP contribution in [0, 0.1) is 6.92 Å². The first-order valence-electron chi connectivity index (χ1n) is 3.67. The van der Waals surface area contributed by atoms with E-state index in [-0.39, 0.29) is 0 Å². The Balaban J connectivity index is 0.000000223. The predicted octanol–water partition coefficient (Wildman–Crippen LogP) is 0.814. The highest BCUT2D eigenvalue weighted by molar-refractivity contribution is 5.82. The molecule has 0 aromatic carbocycles. The third-order valence-corrected chi connectivity index (χ3v) is 0.922. The van der Waals surface area contributed by atoms with Gasteiger partial charge in [0.1, 0.15) is 5.82 Å². The van der Waals surface area contributed by atoms with Gasteiger partial charge in [-0.15, -0.1) is 0 Å². The Morgan fingerprint density at radius 1 is 1.38 bits per heavy atom. The molecule has 0 aliphatic carbocycles. The van der Waals surface area contributed by atoms with Crippen LogP contribution in [-0.4, -0.2) is 21.9 Å². The normalized spacial score (nSPS) is 8.23. The molecule has 1 aromatic rings. The standard InChI is InChI=1S/C4H6N2.C4H6O3/c1-4-5-2-3-6-4;1-3(5)7-4(2)6/h2-3H,1H3,(H,5,6);1-2H3. The minimum Gasteiger partial charge on any atom is -0.394 e. The number of aryl methyl sites for hydroxylation is 1. The third-order valence-electron chi connectivity index (χ3n) is 0.922. The number of hydrogen-bond acceptors (Lipinski definition) is 4. The molecule has 1 heterocycles. The van der Waals surface area contributed by atoms with Crippen LogP contribution in [0.4, 0.5) is 0 Å². The number of rotatable bonds is 0. The van der Waals surface area contributed by atoms with Crippen LogP contribution in [0.2, 0.25) is 0 Å². The maximum atomic E-state index is 9.81. The van der Waals surface area contributed by atoms with Crippen molar-refractivity contribution >= 4 is 11.9 Å². The quantitative estimate of drug-likeness (QED) is 0.478. The van der Waals surface area contributed by atoms with E-state index in [0.717, 1.165) is 5.82 Å². The number of hydrogen-bond donors (Lipinski definition) is 1. The van der Waals surface area contributed by atoms with Crippen LogP contribution < -0.4 is 0 Å². The van der Waals surface area contributed by atoms with Crippen molar-refractivity contribution in [1.29, 1.82) is 0 Å². The van der Waals surface area contributed by atoms with Gasteiger partial charge in [0, 0.05) is 26.2 Å². The highest BCUT2D eigenvalue weighted by Gasteiger charge is 1.93. The van der Waals surface area contributed by atoms with Crippen molar-refractivity contribution in [3.63, 3.8) is 0 Å². The molecular formula is C8H12N2O3. The number of H-pyrrole nitrogens is 1. The van der Waals surface area contributed by atoms with Gasteiger partial charge in [-0.1, -0.05) is 0 Å². The first-order valence-corrected chi connectivity index (χ1v) is 3.67. The summed E-state index contributed by atoms with van der Waals surface area (Å²) >= 11 is 0. The molecule has 0 unspecified atom stereocenters. The number of aromatic amines is 1. The van der Waals surface area contributed by atoms with Gasteiger partial charge in [-0.25, -0.2) is 4.98 Å². The molecule has 1 rings (SSSR count). The summed E-state index contributed by atoms with van der Waals surface area (Å²) in [5, 5.41) is 0. The van der Waals surface area contributed by atoms with Crippen LogP contribution in [0.15, 0.2) is 12.4 Å².